The number of hydrogen-bond acceptors (Lipinski definition) is 4. The maximum absolute atomic E-state index is 13.4. The van der Waals surface area contributed by atoms with Gasteiger partial charge in [0, 0.05) is 37.5 Å². The van der Waals surface area contributed by atoms with E-state index in [1.807, 2.05) is 60.8 Å². The molecule has 168 valence electrons. The topological polar surface area (TPSA) is 91.5 Å². The highest BCUT2D eigenvalue weighted by atomic mass is 16.5. The first-order chi connectivity index (χ1) is 15.2. The summed E-state index contributed by atoms with van der Waals surface area (Å²) in [7, 11) is 1.55. The number of amides is 2. The molecule has 0 saturated heterocycles. The second kappa shape index (κ2) is 9.68. The molecule has 0 unspecified atom stereocenters. The SMILES string of the molecule is CC(=O)N[C@H](Cc1c[nH]c2ccccc12)C(=O)N(C)C(C)(C)C(=O)OCc1ccccc1. The normalized spacial score (nSPS) is 12.2. The van der Waals surface area contributed by atoms with Crippen LogP contribution in [0, 0.1) is 0 Å². The van der Waals surface area contributed by atoms with Gasteiger partial charge in [-0.05, 0) is 31.0 Å². The molecular formula is C25H29N3O4. The summed E-state index contributed by atoms with van der Waals surface area (Å²) in [6, 6.07) is 16.3. The van der Waals surface area contributed by atoms with Crippen LogP contribution in [0.15, 0.2) is 60.8 Å². The number of hydrogen-bond donors (Lipinski definition) is 2. The van der Waals surface area contributed by atoms with E-state index in [-0.39, 0.29) is 18.4 Å². The molecule has 0 fully saturated rings. The van der Waals surface area contributed by atoms with Crippen LogP contribution in [0.25, 0.3) is 10.9 Å². The Labute approximate surface area is 187 Å². The summed E-state index contributed by atoms with van der Waals surface area (Å²) in [5, 5.41) is 3.72. The van der Waals surface area contributed by atoms with Crippen LogP contribution >= 0.6 is 0 Å². The highest BCUT2D eigenvalue weighted by Crippen LogP contribution is 2.22. The fourth-order valence-electron chi connectivity index (χ4n) is 3.51. The van der Waals surface area contributed by atoms with E-state index in [4.69, 9.17) is 4.74 Å². The molecule has 0 aliphatic heterocycles. The number of rotatable bonds is 8. The summed E-state index contributed by atoms with van der Waals surface area (Å²) in [5.74, 6) is -1.21. The van der Waals surface area contributed by atoms with Crippen molar-refractivity contribution in [2.75, 3.05) is 7.05 Å². The van der Waals surface area contributed by atoms with E-state index in [2.05, 4.69) is 10.3 Å². The van der Waals surface area contributed by atoms with Gasteiger partial charge < -0.3 is 19.9 Å². The third kappa shape index (κ3) is 5.17. The number of esters is 1. The predicted molar refractivity (Wildman–Crippen MR) is 123 cm³/mol. The molecule has 7 nitrogen and oxygen atoms in total. The number of aromatic nitrogens is 1. The molecule has 0 radical (unpaired) electrons. The molecule has 1 aromatic heterocycles. The van der Waals surface area contributed by atoms with Gasteiger partial charge in [0.1, 0.15) is 18.2 Å². The first-order valence-electron chi connectivity index (χ1n) is 10.5. The minimum absolute atomic E-state index is 0.121. The molecule has 3 rings (SSSR count). The van der Waals surface area contributed by atoms with Crippen molar-refractivity contribution >= 4 is 28.7 Å². The Bertz CT molecular complexity index is 1100. The number of para-hydroxylation sites is 1. The fraction of sp³-hybridized carbons (Fsp3) is 0.320. The Balaban J connectivity index is 1.75. The van der Waals surface area contributed by atoms with Crippen LogP contribution in [0.4, 0.5) is 0 Å². The lowest BCUT2D eigenvalue weighted by Crippen LogP contribution is -2.57. The molecule has 0 aliphatic rings. The van der Waals surface area contributed by atoms with E-state index in [9.17, 15) is 14.4 Å². The first kappa shape index (κ1) is 23.1. The van der Waals surface area contributed by atoms with E-state index in [1.165, 1.54) is 11.8 Å². The molecule has 1 heterocycles. The van der Waals surface area contributed by atoms with Gasteiger partial charge in [0.15, 0.2) is 0 Å². The number of ether oxygens (including phenoxy) is 1. The highest BCUT2D eigenvalue weighted by molar-refractivity contribution is 5.93. The van der Waals surface area contributed by atoms with Crippen LogP contribution in [0.2, 0.25) is 0 Å². The Kier molecular flexibility index (Phi) is 6.98. The maximum Gasteiger partial charge on any atom is 0.331 e. The average molecular weight is 436 g/mol. The van der Waals surface area contributed by atoms with Crippen molar-refractivity contribution in [3.8, 4) is 0 Å². The van der Waals surface area contributed by atoms with E-state index < -0.39 is 17.6 Å². The zero-order valence-corrected chi connectivity index (χ0v) is 18.8. The summed E-state index contributed by atoms with van der Waals surface area (Å²) in [6.45, 7) is 4.76. The third-order valence-corrected chi connectivity index (χ3v) is 5.66. The van der Waals surface area contributed by atoms with Gasteiger partial charge in [-0.25, -0.2) is 4.79 Å². The molecule has 0 spiro atoms. The van der Waals surface area contributed by atoms with Crippen molar-refractivity contribution in [1.82, 2.24) is 15.2 Å². The quantitative estimate of drug-likeness (QED) is 0.532. The monoisotopic (exact) mass is 435 g/mol. The van der Waals surface area contributed by atoms with Crippen molar-refractivity contribution in [3.05, 3.63) is 71.9 Å². The Morgan fingerprint density at radius 3 is 2.41 bits per heavy atom. The van der Waals surface area contributed by atoms with Crippen molar-refractivity contribution in [3.63, 3.8) is 0 Å². The number of aromatic amines is 1. The van der Waals surface area contributed by atoms with Crippen LogP contribution < -0.4 is 5.32 Å². The van der Waals surface area contributed by atoms with Gasteiger partial charge in [-0.2, -0.15) is 0 Å². The Hall–Kier alpha value is -3.61. The third-order valence-electron chi connectivity index (χ3n) is 5.66. The van der Waals surface area contributed by atoms with E-state index in [1.54, 1.807) is 20.9 Å². The second-order valence-electron chi connectivity index (χ2n) is 8.33. The van der Waals surface area contributed by atoms with Crippen molar-refractivity contribution in [1.29, 1.82) is 0 Å². The van der Waals surface area contributed by atoms with Gasteiger partial charge in [-0.1, -0.05) is 48.5 Å². The summed E-state index contributed by atoms with van der Waals surface area (Å²) >= 11 is 0. The van der Waals surface area contributed by atoms with Gasteiger partial charge in [-0.15, -0.1) is 0 Å². The number of nitrogens with one attached hydrogen (secondary N) is 2. The molecule has 2 amide bonds. The van der Waals surface area contributed by atoms with Crippen LogP contribution in [0.5, 0.6) is 0 Å². The molecule has 0 bridgehead atoms. The summed E-state index contributed by atoms with van der Waals surface area (Å²) in [4.78, 5) is 42.5. The molecule has 3 aromatic rings. The number of H-pyrrole nitrogens is 1. The number of carbonyl (C=O) groups is 3. The van der Waals surface area contributed by atoms with Crippen molar-refractivity contribution < 1.29 is 19.1 Å². The van der Waals surface area contributed by atoms with Gasteiger partial charge >= 0.3 is 5.97 Å². The zero-order valence-electron chi connectivity index (χ0n) is 18.8. The molecule has 0 saturated carbocycles. The second-order valence-corrected chi connectivity index (χ2v) is 8.33. The molecule has 0 aliphatic carbocycles. The molecule has 2 N–H and O–H groups in total. The van der Waals surface area contributed by atoms with Gasteiger partial charge in [0.05, 0.1) is 0 Å². The summed E-state index contributed by atoms with van der Waals surface area (Å²) in [5.41, 5.74) is 1.50. The Morgan fingerprint density at radius 2 is 1.72 bits per heavy atom. The maximum atomic E-state index is 13.4. The zero-order chi connectivity index (χ0) is 23.3. The largest absolute Gasteiger partial charge is 0.459 e. The fourth-order valence-corrected chi connectivity index (χ4v) is 3.51. The smallest absolute Gasteiger partial charge is 0.331 e. The highest BCUT2D eigenvalue weighted by Gasteiger charge is 2.39. The molecule has 7 heteroatoms. The first-order valence-corrected chi connectivity index (χ1v) is 10.5. The van der Waals surface area contributed by atoms with Crippen LogP contribution in [0.3, 0.4) is 0 Å². The molecular weight excluding hydrogens is 406 g/mol. The summed E-state index contributed by atoms with van der Waals surface area (Å²) in [6.07, 6.45) is 2.13. The van der Waals surface area contributed by atoms with E-state index >= 15 is 0 Å². The van der Waals surface area contributed by atoms with Gasteiger partial charge in [0.25, 0.3) is 0 Å². The number of likely N-dealkylation sites (N-methyl/N-ethyl adjacent to an activating group) is 1. The van der Waals surface area contributed by atoms with Crippen molar-refractivity contribution in [2.24, 2.45) is 0 Å². The predicted octanol–water partition coefficient (Wildman–Crippen LogP) is 3.20. The van der Waals surface area contributed by atoms with Crippen LogP contribution in [-0.2, 0) is 32.1 Å². The average Bonchev–Trinajstić information content (AvgIpc) is 3.19. The standard InChI is InChI=1S/C25H29N3O4/c1-17(29)27-22(14-19-15-26-21-13-9-8-12-20(19)21)23(30)28(4)25(2,3)24(31)32-16-18-10-6-5-7-11-18/h5-13,15,22,26H,14,16H2,1-4H3,(H,27,29)/t22-/m1/s1. The van der Waals surface area contributed by atoms with E-state index in [0.717, 1.165) is 22.0 Å². The summed E-state index contributed by atoms with van der Waals surface area (Å²) < 4.78 is 5.46. The lowest BCUT2D eigenvalue weighted by molar-refractivity contribution is -0.162. The minimum Gasteiger partial charge on any atom is -0.459 e. The van der Waals surface area contributed by atoms with Crippen molar-refractivity contribution in [2.45, 2.75) is 45.4 Å². The lowest BCUT2D eigenvalue weighted by atomic mass is 9.99. The number of benzene rings is 2. The molecule has 2 aromatic carbocycles. The number of fused-ring (bicyclic) bond motifs is 1. The number of nitrogens with zero attached hydrogens (tertiary/aromatic N) is 1. The van der Waals surface area contributed by atoms with Gasteiger partial charge in [-0.3, -0.25) is 9.59 Å². The minimum atomic E-state index is -1.22. The molecule has 32 heavy (non-hydrogen) atoms. The van der Waals surface area contributed by atoms with Crippen LogP contribution in [-0.4, -0.2) is 46.3 Å². The molecule has 1 atom stereocenters. The van der Waals surface area contributed by atoms with Gasteiger partial charge in [0.2, 0.25) is 11.8 Å². The Morgan fingerprint density at radius 1 is 1.06 bits per heavy atom. The number of carbonyl (C=O) groups excluding carboxylic acids is 3. The van der Waals surface area contributed by atoms with Crippen LogP contribution in [0.1, 0.15) is 31.9 Å². The lowest BCUT2D eigenvalue weighted by Gasteiger charge is -2.35. The van der Waals surface area contributed by atoms with E-state index in [0.29, 0.717) is 6.42 Å².